The molecule has 1 aromatic carbocycles. The van der Waals surface area contributed by atoms with Crippen molar-refractivity contribution in [2.24, 2.45) is 7.05 Å². The fraction of sp³-hybridized carbons (Fsp3) is 0.286. The zero-order valence-corrected chi connectivity index (χ0v) is 11.2. The van der Waals surface area contributed by atoms with Gasteiger partial charge in [-0.1, -0.05) is 22.4 Å². The lowest BCUT2D eigenvalue weighted by atomic mass is 10.0. The molecule has 0 amide bonds. The van der Waals surface area contributed by atoms with Gasteiger partial charge in [0.2, 0.25) is 0 Å². The second kappa shape index (κ2) is 5.14. The number of rotatable bonds is 4. The molecule has 2 rings (SSSR count). The summed E-state index contributed by atoms with van der Waals surface area (Å²) in [5.74, 6) is -0.500. The maximum absolute atomic E-state index is 12.1. The van der Waals surface area contributed by atoms with Crippen molar-refractivity contribution in [3.05, 3.63) is 46.8 Å². The molecule has 1 heterocycles. The molecular weight excluding hydrogens is 242 g/mol. The molecule has 0 aliphatic rings. The minimum Gasteiger partial charge on any atom is -0.294 e. The van der Waals surface area contributed by atoms with Gasteiger partial charge < -0.3 is 0 Å². The Hall–Kier alpha value is -2.30. The van der Waals surface area contributed by atoms with E-state index in [2.05, 4.69) is 10.3 Å². The molecule has 19 heavy (non-hydrogen) atoms. The van der Waals surface area contributed by atoms with Crippen LogP contribution in [0.5, 0.6) is 0 Å². The average molecular weight is 257 g/mol. The standard InChI is InChI=1S/C14H15N3O2/c1-9-4-10(2)6-11(5-9)13(18)7-14(19)12-8-17(3)16-15-12/h4-6,8H,7H2,1-3H3. The van der Waals surface area contributed by atoms with Crippen LogP contribution in [0.25, 0.3) is 0 Å². The number of aromatic nitrogens is 3. The van der Waals surface area contributed by atoms with Gasteiger partial charge in [-0.05, 0) is 26.0 Å². The lowest BCUT2D eigenvalue weighted by Gasteiger charge is -2.03. The van der Waals surface area contributed by atoms with Crippen molar-refractivity contribution >= 4 is 11.6 Å². The first-order valence-corrected chi connectivity index (χ1v) is 5.97. The van der Waals surface area contributed by atoms with Gasteiger partial charge in [-0.15, -0.1) is 5.10 Å². The van der Waals surface area contributed by atoms with Gasteiger partial charge in [-0.2, -0.15) is 0 Å². The van der Waals surface area contributed by atoms with Gasteiger partial charge in [0.15, 0.2) is 11.6 Å². The van der Waals surface area contributed by atoms with E-state index in [1.807, 2.05) is 19.9 Å². The van der Waals surface area contributed by atoms with Gasteiger partial charge in [-0.3, -0.25) is 14.3 Å². The smallest absolute Gasteiger partial charge is 0.192 e. The summed E-state index contributed by atoms with van der Waals surface area (Å²) >= 11 is 0. The first kappa shape index (κ1) is 13.1. The predicted octanol–water partition coefficient (Wildman–Crippen LogP) is 1.89. The molecule has 5 nitrogen and oxygen atoms in total. The molecule has 5 heteroatoms. The highest BCUT2D eigenvalue weighted by Crippen LogP contribution is 2.12. The largest absolute Gasteiger partial charge is 0.294 e. The molecule has 0 saturated carbocycles. The number of carbonyl (C=O) groups excluding carboxylic acids is 2. The molecule has 2 aromatic rings. The maximum Gasteiger partial charge on any atom is 0.192 e. The Morgan fingerprint density at radius 1 is 1.11 bits per heavy atom. The number of ketones is 2. The van der Waals surface area contributed by atoms with Crippen LogP contribution in [0.3, 0.4) is 0 Å². The van der Waals surface area contributed by atoms with E-state index < -0.39 is 0 Å². The summed E-state index contributed by atoms with van der Waals surface area (Å²) in [4.78, 5) is 23.9. The monoisotopic (exact) mass is 257 g/mol. The van der Waals surface area contributed by atoms with Crippen molar-refractivity contribution < 1.29 is 9.59 Å². The van der Waals surface area contributed by atoms with Crippen LogP contribution >= 0.6 is 0 Å². The van der Waals surface area contributed by atoms with Crippen LogP contribution in [0.15, 0.2) is 24.4 Å². The lowest BCUT2D eigenvalue weighted by Crippen LogP contribution is -2.09. The fourth-order valence-electron chi connectivity index (χ4n) is 1.95. The topological polar surface area (TPSA) is 64.8 Å². The number of benzene rings is 1. The van der Waals surface area contributed by atoms with Crippen molar-refractivity contribution in [3.63, 3.8) is 0 Å². The molecule has 0 radical (unpaired) electrons. The van der Waals surface area contributed by atoms with Crippen molar-refractivity contribution in [2.45, 2.75) is 20.3 Å². The van der Waals surface area contributed by atoms with E-state index in [0.29, 0.717) is 5.56 Å². The summed E-state index contributed by atoms with van der Waals surface area (Å²) in [6.45, 7) is 3.85. The summed E-state index contributed by atoms with van der Waals surface area (Å²) in [5.41, 5.74) is 2.81. The number of carbonyl (C=O) groups is 2. The Balaban J connectivity index is 2.15. The molecular formula is C14H15N3O2. The Morgan fingerprint density at radius 2 is 1.74 bits per heavy atom. The number of nitrogens with zero attached hydrogens (tertiary/aromatic N) is 3. The normalized spacial score (nSPS) is 10.5. The number of aryl methyl sites for hydroxylation is 3. The van der Waals surface area contributed by atoms with Gasteiger partial charge in [0.1, 0.15) is 5.69 Å². The Labute approximate surface area is 111 Å². The summed E-state index contributed by atoms with van der Waals surface area (Å²) in [5, 5.41) is 7.39. The first-order valence-electron chi connectivity index (χ1n) is 5.97. The molecule has 0 bridgehead atoms. The van der Waals surface area contributed by atoms with Crippen LogP contribution in [0.4, 0.5) is 0 Å². The third-order valence-electron chi connectivity index (χ3n) is 2.75. The molecule has 98 valence electrons. The van der Waals surface area contributed by atoms with Gasteiger partial charge in [-0.25, -0.2) is 0 Å². The molecule has 0 fully saturated rings. The summed E-state index contributed by atoms with van der Waals surface area (Å²) < 4.78 is 1.44. The third-order valence-corrected chi connectivity index (χ3v) is 2.75. The van der Waals surface area contributed by atoms with Crippen LogP contribution < -0.4 is 0 Å². The number of hydrogen-bond donors (Lipinski definition) is 0. The minimum atomic E-state index is -0.308. The Morgan fingerprint density at radius 3 is 2.26 bits per heavy atom. The molecule has 0 N–H and O–H groups in total. The van der Waals surface area contributed by atoms with Crippen LogP contribution in [0.2, 0.25) is 0 Å². The average Bonchev–Trinajstić information content (AvgIpc) is 2.74. The van der Waals surface area contributed by atoms with E-state index in [-0.39, 0.29) is 23.7 Å². The maximum atomic E-state index is 12.1. The van der Waals surface area contributed by atoms with Crippen molar-refractivity contribution in [1.82, 2.24) is 15.0 Å². The number of hydrogen-bond acceptors (Lipinski definition) is 4. The quantitative estimate of drug-likeness (QED) is 0.619. The van der Waals surface area contributed by atoms with Gasteiger partial charge in [0, 0.05) is 12.6 Å². The van der Waals surface area contributed by atoms with E-state index in [9.17, 15) is 9.59 Å². The summed E-state index contributed by atoms with van der Waals surface area (Å²) in [6, 6.07) is 5.57. The number of Topliss-reactive ketones (excluding diaryl/α,β-unsaturated/α-hetero) is 2. The molecule has 0 atom stereocenters. The zero-order chi connectivity index (χ0) is 14.0. The summed E-state index contributed by atoms with van der Waals surface area (Å²) in [7, 11) is 1.68. The lowest BCUT2D eigenvalue weighted by molar-refractivity contribution is 0.0891. The SMILES string of the molecule is Cc1cc(C)cc(C(=O)CC(=O)c2cn(C)nn2)c1. The van der Waals surface area contributed by atoms with E-state index in [0.717, 1.165) is 11.1 Å². The highest BCUT2D eigenvalue weighted by atomic mass is 16.1. The van der Waals surface area contributed by atoms with Crippen molar-refractivity contribution in [1.29, 1.82) is 0 Å². The predicted molar refractivity (Wildman–Crippen MR) is 70.2 cm³/mol. The molecule has 0 aliphatic carbocycles. The third kappa shape index (κ3) is 3.13. The second-order valence-corrected chi connectivity index (χ2v) is 4.68. The van der Waals surface area contributed by atoms with Crippen molar-refractivity contribution in [2.75, 3.05) is 0 Å². The molecule has 0 unspecified atom stereocenters. The minimum absolute atomic E-state index is 0.179. The van der Waals surface area contributed by atoms with E-state index in [1.54, 1.807) is 19.2 Å². The van der Waals surface area contributed by atoms with Crippen molar-refractivity contribution in [3.8, 4) is 0 Å². The molecule has 0 aliphatic heterocycles. The molecule has 0 saturated heterocycles. The highest BCUT2D eigenvalue weighted by Gasteiger charge is 2.16. The van der Waals surface area contributed by atoms with Crippen LogP contribution in [-0.2, 0) is 7.05 Å². The molecule has 1 aromatic heterocycles. The Kier molecular flexibility index (Phi) is 3.55. The van der Waals surface area contributed by atoms with E-state index >= 15 is 0 Å². The first-order chi connectivity index (χ1) is 8.95. The fourth-order valence-corrected chi connectivity index (χ4v) is 1.95. The van der Waals surface area contributed by atoms with Crippen LogP contribution in [0.1, 0.15) is 38.4 Å². The molecule has 0 spiro atoms. The summed E-state index contributed by atoms with van der Waals surface area (Å²) in [6.07, 6.45) is 1.33. The van der Waals surface area contributed by atoms with Gasteiger partial charge in [0.25, 0.3) is 0 Å². The second-order valence-electron chi connectivity index (χ2n) is 4.68. The zero-order valence-electron chi connectivity index (χ0n) is 11.2. The van der Waals surface area contributed by atoms with Gasteiger partial charge >= 0.3 is 0 Å². The van der Waals surface area contributed by atoms with E-state index in [1.165, 1.54) is 10.9 Å². The highest BCUT2D eigenvalue weighted by molar-refractivity contribution is 6.12. The van der Waals surface area contributed by atoms with Crippen LogP contribution in [-0.4, -0.2) is 26.6 Å². The van der Waals surface area contributed by atoms with Crippen LogP contribution in [0, 0.1) is 13.8 Å². The van der Waals surface area contributed by atoms with Gasteiger partial charge in [0.05, 0.1) is 12.6 Å². The van der Waals surface area contributed by atoms with E-state index in [4.69, 9.17) is 0 Å². The Bertz CT molecular complexity index is 624.